The normalized spacial score (nSPS) is 12.2. The Morgan fingerprint density at radius 3 is 2.47 bits per heavy atom. The van der Waals surface area contributed by atoms with E-state index in [1.165, 1.54) is 25.3 Å². The van der Waals surface area contributed by atoms with Gasteiger partial charge in [0.25, 0.3) is 0 Å². The Morgan fingerprint density at radius 1 is 1.11 bits per heavy atom. The van der Waals surface area contributed by atoms with E-state index in [4.69, 9.17) is 10.5 Å². The van der Waals surface area contributed by atoms with Crippen LogP contribution in [0.1, 0.15) is 17.2 Å². The summed E-state index contributed by atoms with van der Waals surface area (Å²) in [6.07, 6.45) is 0.318. The number of nitrogens with two attached hydrogens (primary N) is 1. The number of halogens is 2. The first-order chi connectivity index (χ1) is 9.11. The van der Waals surface area contributed by atoms with Crippen LogP contribution in [0.3, 0.4) is 0 Å². The van der Waals surface area contributed by atoms with Gasteiger partial charge in [0.2, 0.25) is 0 Å². The van der Waals surface area contributed by atoms with E-state index in [0.717, 1.165) is 0 Å². The SMILES string of the molecule is COc1ccc(C(N)Cc2ccccc2F)cc1F. The summed E-state index contributed by atoms with van der Waals surface area (Å²) < 4.78 is 31.9. The highest BCUT2D eigenvalue weighted by Gasteiger charge is 2.12. The summed E-state index contributed by atoms with van der Waals surface area (Å²) >= 11 is 0. The van der Waals surface area contributed by atoms with Gasteiger partial charge in [-0.25, -0.2) is 8.78 Å². The highest BCUT2D eigenvalue weighted by atomic mass is 19.1. The van der Waals surface area contributed by atoms with Gasteiger partial charge in [-0.15, -0.1) is 0 Å². The van der Waals surface area contributed by atoms with E-state index < -0.39 is 11.9 Å². The lowest BCUT2D eigenvalue weighted by Gasteiger charge is -2.13. The minimum Gasteiger partial charge on any atom is -0.494 e. The molecule has 2 rings (SSSR count). The summed E-state index contributed by atoms with van der Waals surface area (Å²) in [6, 6.07) is 10.5. The average Bonchev–Trinajstić information content (AvgIpc) is 2.41. The van der Waals surface area contributed by atoms with Gasteiger partial charge in [0, 0.05) is 6.04 Å². The summed E-state index contributed by atoms with van der Waals surface area (Å²) in [6.45, 7) is 0. The number of rotatable bonds is 4. The molecular formula is C15H15F2NO. The molecule has 2 nitrogen and oxygen atoms in total. The molecule has 4 heteroatoms. The summed E-state index contributed by atoms with van der Waals surface area (Å²) in [5.74, 6) is -0.599. The summed E-state index contributed by atoms with van der Waals surface area (Å²) in [5.41, 5.74) is 7.11. The standard InChI is InChI=1S/C15H15F2NO/c1-19-15-7-6-11(8-13(15)17)14(18)9-10-4-2-3-5-12(10)16/h2-8,14H,9,18H2,1H3. The maximum atomic E-state index is 13.6. The zero-order valence-electron chi connectivity index (χ0n) is 10.6. The summed E-state index contributed by atoms with van der Waals surface area (Å²) in [7, 11) is 1.40. The van der Waals surface area contributed by atoms with E-state index in [0.29, 0.717) is 17.5 Å². The van der Waals surface area contributed by atoms with Crippen molar-refractivity contribution < 1.29 is 13.5 Å². The molecule has 2 N–H and O–H groups in total. The number of benzene rings is 2. The van der Waals surface area contributed by atoms with Crippen LogP contribution in [0.2, 0.25) is 0 Å². The molecule has 0 aliphatic rings. The Bertz CT molecular complexity index is 572. The summed E-state index contributed by atoms with van der Waals surface area (Å²) in [4.78, 5) is 0. The third kappa shape index (κ3) is 3.09. The van der Waals surface area contributed by atoms with Crippen molar-refractivity contribution in [2.45, 2.75) is 12.5 Å². The molecule has 2 aromatic rings. The van der Waals surface area contributed by atoms with E-state index >= 15 is 0 Å². The van der Waals surface area contributed by atoms with Crippen LogP contribution in [-0.2, 0) is 6.42 Å². The van der Waals surface area contributed by atoms with Crippen LogP contribution in [-0.4, -0.2) is 7.11 Å². The Balaban J connectivity index is 2.18. The number of methoxy groups -OCH3 is 1. The lowest BCUT2D eigenvalue weighted by molar-refractivity contribution is 0.386. The second-order valence-electron chi connectivity index (χ2n) is 4.30. The van der Waals surface area contributed by atoms with Crippen molar-refractivity contribution in [3.63, 3.8) is 0 Å². The van der Waals surface area contributed by atoms with E-state index in [1.807, 2.05) is 0 Å². The molecule has 0 aliphatic heterocycles. The Labute approximate surface area is 110 Å². The van der Waals surface area contributed by atoms with E-state index in [9.17, 15) is 8.78 Å². The van der Waals surface area contributed by atoms with Crippen LogP contribution >= 0.6 is 0 Å². The van der Waals surface area contributed by atoms with Gasteiger partial charge in [0.15, 0.2) is 11.6 Å². The van der Waals surface area contributed by atoms with Crippen LogP contribution in [0.5, 0.6) is 5.75 Å². The lowest BCUT2D eigenvalue weighted by Crippen LogP contribution is -2.14. The van der Waals surface area contributed by atoms with E-state index in [1.54, 1.807) is 24.3 Å². The molecule has 0 aromatic heterocycles. The maximum Gasteiger partial charge on any atom is 0.165 e. The van der Waals surface area contributed by atoms with Gasteiger partial charge < -0.3 is 10.5 Å². The largest absolute Gasteiger partial charge is 0.494 e. The molecular weight excluding hydrogens is 248 g/mol. The third-order valence-corrected chi connectivity index (χ3v) is 3.00. The van der Waals surface area contributed by atoms with E-state index in [2.05, 4.69) is 0 Å². The summed E-state index contributed by atoms with van der Waals surface area (Å²) in [5, 5.41) is 0. The fraction of sp³-hybridized carbons (Fsp3) is 0.200. The van der Waals surface area contributed by atoms with Gasteiger partial charge in [0.05, 0.1) is 7.11 Å². The van der Waals surface area contributed by atoms with Crippen LogP contribution in [0, 0.1) is 11.6 Å². The molecule has 0 heterocycles. The van der Waals surface area contributed by atoms with Crippen LogP contribution in [0.25, 0.3) is 0 Å². The van der Waals surface area contributed by atoms with Crippen molar-refractivity contribution in [2.24, 2.45) is 5.73 Å². The third-order valence-electron chi connectivity index (χ3n) is 3.00. The highest BCUT2D eigenvalue weighted by Crippen LogP contribution is 2.23. The smallest absolute Gasteiger partial charge is 0.165 e. The van der Waals surface area contributed by atoms with Crippen LogP contribution in [0.15, 0.2) is 42.5 Å². The monoisotopic (exact) mass is 263 g/mol. The fourth-order valence-electron chi connectivity index (χ4n) is 1.93. The molecule has 1 unspecified atom stereocenters. The van der Waals surface area contributed by atoms with Crippen molar-refractivity contribution in [1.29, 1.82) is 0 Å². The van der Waals surface area contributed by atoms with Crippen LogP contribution < -0.4 is 10.5 Å². The maximum absolute atomic E-state index is 13.6. The second-order valence-corrected chi connectivity index (χ2v) is 4.30. The first-order valence-electron chi connectivity index (χ1n) is 5.94. The van der Waals surface area contributed by atoms with Gasteiger partial charge in [-0.2, -0.15) is 0 Å². The Kier molecular flexibility index (Phi) is 4.12. The van der Waals surface area contributed by atoms with Crippen molar-refractivity contribution in [1.82, 2.24) is 0 Å². The molecule has 0 amide bonds. The molecule has 0 fully saturated rings. The molecule has 0 saturated carbocycles. The number of hydrogen-bond acceptors (Lipinski definition) is 2. The zero-order valence-corrected chi connectivity index (χ0v) is 10.6. The Hall–Kier alpha value is -1.94. The van der Waals surface area contributed by atoms with Gasteiger partial charge in [-0.3, -0.25) is 0 Å². The first kappa shape index (κ1) is 13.5. The van der Waals surface area contributed by atoms with Crippen molar-refractivity contribution in [3.05, 3.63) is 65.2 Å². The molecule has 100 valence electrons. The molecule has 2 aromatic carbocycles. The molecule has 0 aliphatic carbocycles. The van der Waals surface area contributed by atoms with Crippen molar-refractivity contribution >= 4 is 0 Å². The minimum atomic E-state index is -0.469. The van der Waals surface area contributed by atoms with Gasteiger partial charge >= 0.3 is 0 Å². The lowest BCUT2D eigenvalue weighted by atomic mass is 9.99. The van der Waals surface area contributed by atoms with Gasteiger partial charge in [-0.1, -0.05) is 24.3 Å². The van der Waals surface area contributed by atoms with Crippen LogP contribution in [0.4, 0.5) is 8.78 Å². The second kappa shape index (κ2) is 5.80. The molecule has 0 bridgehead atoms. The molecule has 1 atom stereocenters. The number of ether oxygens (including phenoxy) is 1. The Morgan fingerprint density at radius 2 is 1.84 bits per heavy atom. The highest BCUT2D eigenvalue weighted by molar-refractivity contribution is 5.32. The predicted octanol–water partition coefficient (Wildman–Crippen LogP) is 3.22. The molecule has 19 heavy (non-hydrogen) atoms. The van der Waals surface area contributed by atoms with Gasteiger partial charge in [-0.05, 0) is 35.7 Å². The molecule has 0 saturated heterocycles. The van der Waals surface area contributed by atoms with Crippen molar-refractivity contribution in [2.75, 3.05) is 7.11 Å². The first-order valence-corrected chi connectivity index (χ1v) is 5.94. The van der Waals surface area contributed by atoms with E-state index in [-0.39, 0.29) is 11.6 Å². The minimum absolute atomic E-state index is 0.168. The number of hydrogen-bond donors (Lipinski definition) is 1. The fourth-order valence-corrected chi connectivity index (χ4v) is 1.93. The molecule has 0 radical (unpaired) electrons. The predicted molar refractivity (Wildman–Crippen MR) is 70.0 cm³/mol. The van der Waals surface area contributed by atoms with Crippen molar-refractivity contribution in [3.8, 4) is 5.75 Å². The molecule has 0 spiro atoms. The quantitative estimate of drug-likeness (QED) is 0.919. The topological polar surface area (TPSA) is 35.2 Å². The zero-order chi connectivity index (χ0) is 13.8. The van der Waals surface area contributed by atoms with Gasteiger partial charge in [0.1, 0.15) is 5.82 Å². The average molecular weight is 263 g/mol.